The molecule has 14 heavy (non-hydrogen) atoms. The molecule has 0 radical (unpaired) electrons. The predicted molar refractivity (Wildman–Crippen MR) is 54.7 cm³/mol. The van der Waals surface area contributed by atoms with Gasteiger partial charge in [0.25, 0.3) is 0 Å². The summed E-state index contributed by atoms with van der Waals surface area (Å²) in [5.41, 5.74) is 0.602. The maximum absolute atomic E-state index is 11.1. The van der Waals surface area contributed by atoms with Crippen LogP contribution in [0.1, 0.15) is 36.7 Å². The van der Waals surface area contributed by atoms with Gasteiger partial charge in [-0.2, -0.15) is 0 Å². The van der Waals surface area contributed by atoms with Gasteiger partial charge in [0.1, 0.15) is 5.69 Å². The van der Waals surface area contributed by atoms with E-state index in [-0.39, 0.29) is 5.78 Å². The number of carbonyl (C=O) groups excluding carboxylic acids is 1. The van der Waals surface area contributed by atoms with Crippen LogP contribution >= 0.6 is 0 Å². The number of H-pyrrole nitrogens is 1. The van der Waals surface area contributed by atoms with Gasteiger partial charge in [-0.1, -0.05) is 0 Å². The van der Waals surface area contributed by atoms with Gasteiger partial charge in [-0.05, 0) is 19.3 Å². The summed E-state index contributed by atoms with van der Waals surface area (Å²) in [7, 11) is 0. The molecule has 0 atom stereocenters. The Balaban J connectivity index is 2.11. The Bertz CT molecular complexity index is 326. The number of aromatic nitrogens is 2. The molecule has 1 saturated heterocycles. The maximum atomic E-state index is 11.1. The second kappa shape index (κ2) is 3.82. The van der Waals surface area contributed by atoms with Crippen LogP contribution in [0.2, 0.25) is 0 Å². The monoisotopic (exact) mass is 193 g/mol. The summed E-state index contributed by atoms with van der Waals surface area (Å²) < 4.78 is 0. The summed E-state index contributed by atoms with van der Waals surface area (Å²) in [6, 6.07) is 0. The Hall–Kier alpha value is -1.32. The van der Waals surface area contributed by atoms with E-state index in [2.05, 4.69) is 14.9 Å². The first-order chi connectivity index (χ1) is 6.77. The predicted octanol–water partition coefficient (Wildman–Crippen LogP) is 1.60. The van der Waals surface area contributed by atoms with Gasteiger partial charge >= 0.3 is 0 Å². The standard InChI is InChI=1S/C10H15N3O/c1-8(14)9-7-11-10(12-9)13-5-3-2-4-6-13/h7H,2-6H2,1H3,(H,11,12). The van der Waals surface area contributed by atoms with Gasteiger partial charge < -0.3 is 9.88 Å². The fraction of sp³-hybridized carbons (Fsp3) is 0.600. The number of nitrogens with zero attached hydrogens (tertiary/aromatic N) is 2. The molecule has 4 nitrogen and oxygen atoms in total. The lowest BCUT2D eigenvalue weighted by Crippen LogP contribution is -2.30. The van der Waals surface area contributed by atoms with E-state index < -0.39 is 0 Å². The molecule has 0 aliphatic carbocycles. The lowest BCUT2D eigenvalue weighted by Gasteiger charge is -2.25. The first kappa shape index (κ1) is 9.24. The molecule has 0 amide bonds. The average Bonchev–Trinajstić information content (AvgIpc) is 2.68. The fourth-order valence-corrected chi connectivity index (χ4v) is 1.76. The zero-order valence-corrected chi connectivity index (χ0v) is 8.42. The Morgan fingerprint density at radius 2 is 2.14 bits per heavy atom. The molecule has 1 fully saturated rings. The largest absolute Gasteiger partial charge is 0.342 e. The molecule has 2 rings (SSSR count). The van der Waals surface area contributed by atoms with Crippen molar-refractivity contribution in [2.24, 2.45) is 0 Å². The van der Waals surface area contributed by atoms with E-state index in [9.17, 15) is 4.79 Å². The van der Waals surface area contributed by atoms with Gasteiger partial charge in [0, 0.05) is 20.0 Å². The average molecular weight is 193 g/mol. The number of aromatic amines is 1. The highest BCUT2D eigenvalue weighted by atomic mass is 16.1. The Kier molecular flexibility index (Phi) is 2.52. The van der Waals surface area contributed by atoms with Gasteiger partial charge in [-0.3, -0.25) is 4.79 Å². The summed E-state index contributed by atoms with van der Waals surface area (Å²) in [6.07, 6.45) is 5.36. The zero-order chi connectivity index (χ0) is 9.97. The Morgan fingerprint density at radius 3 is 2.71 bits per heavy atom. The van der Waals surface area contributed by atoms with Gasteiger partial charge in [0.15, 0.2) is 5.78 Å². The lowest BCUT2D eigenvalue weighted by molar-refractivity contribution is 0.101. The van der Waals surface area contributed by atoms with Crippen LogP contribution in [0.4, 0.5) is 5.95 Å². The van der Waals surface area contributed by atoms with E-state index in [1.54, 1.807) is 13.1 Å². The minimum Gasteiger partial charge on any atom is -0.342 e. The molecule has 0 aromatic carbocycles. The van der Waals surface area contributed by atoms with Crippen LogP contribution in [0.3, 0.4) is 0 Å². The van der Waals surface area contributed by atoms with Crippen LogP contribution in [0.25, 0.3) is 0 Å². The molecule has 0 bridgehead atoms. The van der Waals surface area contributed by atoms with E-state index in [4.69, 9.17) is 0 Å². The van der Waals surface area contributed by atoms with Crippen molar-refractivity contribution in [1.82, 2.24) is 9.97 Å². The minimum absolute atomic E-state index is 0.0424. The fourth-order valence-electron chi connectivity index (χ4n) is 1.76. The first-order valence-electron chi connectivity index (χ1n) is 5.08. The molecule has 1 aromatic heterocycles. The van der Waals surface area contributed by atoms with Gasteiger partial charge in [-0.25, -0.2) is 4.98 Å². The number of hydrogen-bond acceptors (Lipinski definition) is 3. The van der Waals surface area contributed by atoms with E-state index in [1.807, 2.05) is 0 Å². The van der Waals surface area contributed by atoms with E-state index in [0.717, 1.165) is 19.0 Å². The molecule has 0 unspecified atom stereocenters. The molecule has 0 saturated carbocycles. The van der Waals surface area contributed by atoms with Gasteiger partial charge in [-0.15, -0.1) is 0 Å². The Labute approximate surface area is 83.3 Å². The van der Waals surface area contributed by atoms with Crippen molar-refractivity contribution in [1.29, 1.82) is 0 Å². The molecular weight excluding hydrogens is 178 g/mol. The quantitative estimate of drug-likeness (QED) is 0.726. The van der Waals surface area contributed by atoms with Crippen LogP contribution in [0.15, 0.2) is 6.20 Å². The van der Waals surface area contributed by atoms with Gasteiger partial charge in [0.2, 0.25) is 5.95 Å². The molecule has 1 aliphatic rings. The molecule has 76 valence electrons. The van der Waals surface area contributed by atoms with E-state index >= 15 is 0 Å². The van der Waals surface area contributed by atoms with Crippen molar-refractivity contribution in [3.8, 4) is 0 Å². The van der Waals surface area contributed by atoms with Crippen LogP contribution in [-0.4, -0.2) is 28.8 Å². The van der Waals surface area contributed by atoms with Crippen LogP contribution < -0.4 is 4.90 Å². The number of nitrogens with one attached hydrogen (secondary N) is 1. The van der Waals surface area contributed by atoms with Gasteiger partial charge in [0.05, 0.1) is 6.20 Å². The number of piperidine rings is 1. The van der Waals surface area contributed by atoms with Crippen molar-refractivity contribution in [3.63, 3.8) is 0 Å². The summed E-state index contributed by atoms with van der Waals surface area (Å²) in [5.74, 6) is 0.885. The first-order valence-corrected chi connectivity index (χ1v) is 5.08. The van der Waals surface area contributed by atoms with Crippen LogP contribution in [0, 0.1) is 0 Å². The second-order valence-electron chi connectivity index (χ2n) is 3.72. The van der Waals surface area contributed by atoms with Crippen molar-refractivity contribution in [2.45, 2.75) is 26.2 Å². The van der Waals surface area contributed by atoms with E-state index in [1.165, 1.54) is 19.3 Å². The molecular formula is C10H15N3O. The Morgan fingerprint density at radius 1 is 1.43 bits per heavy atom. The molecule has 1 aliphatic heterocycles. The summed E-state index contributed by atoms with van der Waals surface area (Å²) >= 11 is 0. The zero-order valence-electron chi connectivity index (χ0n) is 8.42. The number of carbonyl (C=O) groups is 1. The topological polar surface area (TPSA) is 49.0 Å². The summed E-state index contributed by atoms with van der Waals surface area (Å²) in [6.45, 7) is 3.64. The highest BCUT2D eigenvalue weighted by Gasteiger charge is 2.14. The number of ketones is 1. The lowest BCUT2D eigenvalue weighted by atomic mass is 10.1. The third kappa shape index (κ3) is 1.78. The smallest absolute Gasteiger partial charge is 0.203 e. The normalized spacial score (nSPS) is 17.1. The summed E-state index contributed by atoms with van der Waals surface area (Å²) in [5, 5.41) is 0. The third-order valence-electron chi connectivity index (χ3n) is 2.60. The SMILES string of the molecule is CC(=O)c1cnc(N2CCCCC2)[nH]1. The van der Waals surface area contributed by atoms with Crippen molar-refractivity contribution >= 4 is 11.7 Å². The number of Topliss-reactive ketones (excluding diaryl/α,β-unsaturated/α-hetero) is 1. The maximum Gasteiger partial charge on any atom is 0.203 e. The number of imidazole rings is 1. The molecule has 2 heterocycles. The third-order valence-corrected chi connectivity index (χ3v) is 2.60. The highest BCUT2D eigenvalue weighted by Crippen LogP contribution is 2.16. The second-order valence-corrected chi connectivity index (χ2v) is 3.72. The van der Waals surface area contributed by atoms with Crippen molar-refractivity contribution < 1.29 is 4.79 Å². The van der Waals surface area contributed by atoms with Crippen LogP contribution in [-0.2, 0) is 0 Å². The molecule has 0 spiro atoms. The number of anilines is 1. The van der Waals surface area contributed by atoms with Crippen LogP contribution in [0.5, 0.6) is 0 Å². The molecule has 4 heteroatoms. The highest BCUT2D eigenvalue weighted by molar-refractivity contribution is 5.92. The number of hydrogen-bond donors (Lipinski definition) is 1. The molecule has 1 aromatic rings. The number of rotatable bonds is 2. The van der Waals surface area contributed by atoms with Crippen molar-refractivity contribution in [2.75, 3.05) is 18.0 Å². The molecule has 1 N–H and O–H groups in total. The minimum atomic E-state index is 0.0424. The van der Waals surface area contributed by atoms with E-state index in [0.29, 0.717) is 5.69 Å². The summed E-state index contributed by atoms with van der Waals surface area (Å²) in [4.78, 5) is 20.5. The van der Waals surface area contributed by atoms with Crippen molar-refractivity contribution in [3.05, 3.63) is 11.9 Å².